The molecule has 5 nitrogen and oxygen atoms in total. The Morgan fingerprint density at radius 3 is 2.17 bits per heavy atom. The lowest BCUT2D eigenvalue weighted by Gasteiger charge is -2.54. The van der Waals surface area contributed by atoms with E-state index in [9.17, 15) is 4.79 Å². The van der Waals surface area contributed by atoms with Crippen LogP contribution in [0.5, 0.6) is 0 Å². The van der Waals surface area contributed by atoms with Crippen LogP contribution in [0.15, 0.2) is 54.6 Å². The minimum Gasteiger partial charge on any atom is -0.349 e. The maximum atomic E-state index is 14.6. The maximum Gasteiger partial charge on any atom is 0.252 e. The number of nitrogens with one attached hydrogen (secondary N) is 1. The topological polar surface area (TPSA) is 48.5 Å². The fourth-order valence-electron chi connectivity index (χ4n) is 9.83. The van der Waals surface area contributed by atoms with Crippen LogP contribution in [0.3, 0.4) is 0 Å². The van der Waals surface area contributed by atoms with Crippen LogP contribution in [0.4, 0.5) is 0 Å². The highest BCUT2D eigenvalue weighted by Crippen LogP contribution is 2.53. The van der Waals surface area contributed by atoms with Gasteiger partial charge < -0.3 is 10.2 Å². The lowest BCUT2D eigenvalue weighted by Crippen LogP contribution is -2.56. The predicted octanol–water partition coefficient (Wildman–Crippen LogP) is 6.91. The normalized spacial score (nSPS) is 30.1. The minimum atomic E-state index is 0.126. The van der Waals surface area contributed by atoms with Gasteiger partial charge in [-0.1, -0.05) is 55.0 Å². The molecule has 0 spiro atoms. The first-order chi connectivity index (χ1) is 20.7. The van der Waals surface area contributed by atoms with Crippen molar-refractivity contribution in [1.29, 1.82) is 0 Å². The molecule has 3 heterocycles. The molecule has 0 radical (unpaired) electrons. The van der Waals surface area contributed by atoms with Gasteiger partial charge in [-0.3, -0.25) is 9.69 Å². The molecule has 220 valence electrons. The van der Waals surface area contributed by atoms with E-state index in [1.807, 2.05) is 0 Å². The number of nitrogens with zero attached hydrogens (tertiary/aromatic N) is 3. The van der Waals surface area contributed by atoms with Gasteiger partial charge in [0.2, 0.25) is 0 Å². The number of carbonyl (C=O) groups excluding carboxylic acids is 1. The molecule has 6 fully saturated rings. The number of benzene rings is 2. The maximum absolute atomic E-state index is 14.6. The zero-order valence-electron chi connectivity index (χ0n) is 25.0. The fourth-order valence-corrected chi connectivity index (χ4v) is 9.83. The first-order valence-electron chi connectivity index (χ1n) is 16.9. The van der Waals surface area contributed by atoms with Crippen molar-refractivity contribution in [3.63, 3.8) is 0 Å². The van der Waals surface area contributed by atoms with Gasteiger partial charge in [0.05, 0.1) is 16.8 Å². The van der Waals surface area contributed by atoms with Gasteiger partial charge in [0, 0.05) is 35.1 Å². The highest BCUT2D eigenvalue weighted by atomic mass is 16.1. The lowest BCUT2D eigenvalue weighted by atomic mass is 9.54. The second-order valence-electron chi connectivity index (χ2n) is 14.2. The van der Waals surface area contributed by atoms with Gasteiger partial charge in [0.25, 0.3) is 5.91 Å². The standard InChI is InChI=1S/C37H46N4O/c42-37(39-35-28-20-25-19-26(22-28)23-29(35)21-25)34-31-11-5-6-12-33(31)38-36(27-9-3-1-4-10-27)32(34)24-40-17-13-30(14-18-40)41-15-7-2-8-16-41/h1,3-6,9-12,25-26,28-30,35H,2,7-8,13-24H2,(H,39,42). The molecule has 0 unspecified atom stereocenters. The quantitative estimate of drug-likeness (QED) is 0.355. The van der Waals surface area contributed by atoms with Crippen LogP contribution in [-0.4, -0.2) is 59.0 Å². The number of para-hydroxylation sites is 1. The van der Waals surface area contributed by atoms with Gasteiger partial charge in [-0.15, -0.1) is 0 Å². The summed E-state index contributed by atoms with van der Waals surface area (Å²) < 4.78 is 0. The molecule has 4 bridgehead atoms. The molecular weight excluding hydrogens is 516 g/mol. The summed E-state index contributed by atoms with van der Waals surface area (Å²) in [5.74, 6) is 3.24. The van der Waals surface area contributed by atoms with Crippen LogP contribution in [0.1, 0.15) is 80.1 Å². The largest absolute Gasteiger partial charge is 0.349 e. The van der Waals surface area contributed by atoms with Crippen molar-refractivity contribution in [1.82, 2.24) is 20.1 Å². The first kappa shape index (κ1) is 26.8. The molecule has 3 aromatic rings. The summed E-state index contributed by atoms with van der Waals surface area (Å²) in [6.07, 6.45) is 13.2. The molecule has 2 saturated heterocycles. The van der Waals surface area contributed by atoms with E-state index >= 15 is 0 Å². The van der Waals surface area contributed by atoms with Crippen molar-refractivity contribution in [3.05, 3.63) is 65.7 Å². The first-order valence-corrected chi connectivity index (χ1v) is 16.9. The minimum absolute atomic E-state index is 0.126. The van der Waals surface area contributed by atoms with E-state index in [1.165, 1.54) is 77.3 Å². The van der Waals surface area contributed by atoms with Crippen LogP contribution in [0.25, 0.3) is 22.2 Å². The van der Waals surface area contributed by atoms with Gasteiger partial charge in [0.1, 0.15) is 0 Å². The molecule has 2 aromatic carbocycles. The number of piperidine rings is 2. The molecule has 6 aliphatic rings. The predicted molar refractivity (Wildman–Crippen MR) is 169 cm³/mol. The lowest BCUT2D eigenvalue weighted by molar-refractivity contribution is -0.0119. The highest BCUT2D eigenvalue weighted by Gasteiger charge is 2.48. The Balaban J connectivity index is 1.13. The SMILES string of the molecule is O=C(NC1C2CC3CC(C2)CC1C3)c1c(CN2CCC(N3CCCCC3)CC2)c(-c2ccccc2)nc2ccccc12. The number of amides is 1. The molecule has 4 saturated carbocycles. The summed E-state index contributed by atoms with van der Waals surface area (Å²) >= 11 is 0. The van der Waals surface area contributed by atoms with Crippen LogP contribution in [0, 0.1) is 23.7 Å². The van der Waals surface area contributed by atoms with Crippen molar-refractivity contribution in [3.8, 4) is 11.3 Å². The molecule has 9 rings (SSSR count). The zero-order chi connectivity index (χ0) is 28.0. The number of rotatable bonds is 6. The van der Waals surface area contributed by atoms with Gasteiger partial charge in [-0.05, 0) is 114 Å². The zero-order valence-corrected chi connectivity index (χ0v) is 25.0. The summed E-state index contributed by atoms with van der Waals surface area (Å²) in [6.45, 7) is 5.48. The average Bonchev–Trinajstić information content (AvgIpc) is 3.03. The number of aromatic nitrogens is 1. The summed E-state index contributed by atoms with van der Waals surface area (Å²) in [5.41, 5.74) is 4.97. The number of pyridine rings is 1. The molecule has 4 aliphatic carbocycles. The average molecular weight is 563 g/mol. The van der Waals surface area contributed by atoms with Gasteiger partial charge in [-0.25, -0.2) is 4.98 Å². The Morgan fingerprint density at radius 2 is 1.45 bits per heavy atom. The number of hydrogen-bond donors (Lipinski definition) is 1. The summed E-state index contributed by atoms with van der Waals surface area (Å²) in [4.78, 5) is 25.2. The van der Waals surface area contributed by atoms with Gasteiger partial charge >= 0.3 is 0 Å². The van der Waals surface area contributed by atoms with Crippen molar-refractivity contribution in [2.45, 2.75) is 82.8 Å². The molecule has 1 N–H and O–H groups in total. The molecular formula is C37H46N4O. The van der Waals surface area contributed by atoms with Crippen molar-refractivity contribution in [2.24, 2.45) is 23.7 Å². The smallest absolute Gasteiger partial charge is 0.252 e. The number of hydrogen-bond acceptors (Lipinski definition) is 4. The fraction of sp³-hybridized carbons (Fsp3) is 0.568. The Bertz CT molecular complexity index is 1390. The number of fused-ring (bicyclic) bond motifs is 1. The van der Waals surface area contributed by atoms with E-state index < -0.39 is 0 Å². The second kappa shape index (κ2) is 11.4. The van der Waals surface area contributed by atoms with E-state index in [4.69, 9.17) is 4.98 Å². The third-order valence-electron chi connectivity index (χ3n) is 11.6. The molecule has 2 aliphatic heterocycles. The molecule has 5 heteroatoms. The van der Waals surface area contributed by atoms with E-state index in [0.717, 1.165) is 64.8 Å². The Labute approximate surface area is 251 Å². The van der Waals surface area contributed by atoms with Crippen molar-refractivity contribution >= 4 is 16.8 Å². The van der Waals surface area contributed by atoms with Crippen molar-refractivity contribution < 1.29 is 4.79 Å². The van der Waals surface area contributed by atoms with E-state index in [-0.39, 0.29) is 5.91 Å². The highest BCUT2D eigenvalue weighted by molar-refractivity contribution is 6.09. The van der Waals surface area contributed by atoms with Gasteiger partial charge in [0.15, 0.2) is 0 Å². The van der Waals surface area contributed by atoms with Gasteiger partial charge in [-0.2, -0.15) is 0 Å². The molecule has 1 amide bonds. The summed E-state index contributed by atoms with van der Waals surface area (Å²) in [6, 6.07) is 19.9. The summed E-state index contributed by atoms with van der Waals surface area (Å²) in [5, 5.41) is 4.68. The summed E-state index contributed by atoms with van der Waals surface area (Å²) in [7, 11) is 0. The van der Waals surface area contributed by atoms with Crippen LogP contribution >= 0.6 is 0 Å². The van der Waals surface area contributed by atoms with Crippen molar-refractivity contribution in [2.75, 3.05) is 26.2 Å². The molecule has 42 heavy (non-hydrogen) atoms. The van der Waals surface area contributed by atoms with Crippen LogP contribution < -0.4 is 5.32 Å². The van der Waals surface area contributed by atoms with E-state index in [2.05, 4.69) is 69.7 Å². The Hall–Kier alpha value is -2.76. The molecule has 0 atom stereocenters. The van der Waals surface area contributed by atoms with E-state index in [0.29, 0.717) is 23.9 Å². The monoisotopic (exact) mass is 562 g/mol. The van der Waals surface area contributed by atoms with E-state index in [1.54, 1.807) is 0 Å². The number of likely N-dealkylation sites (tertiary alicyclic amines) is 2. The number of carbonyl (C=O) groups is 1. The second-order valence-corrected chi connectivity index (χ2v) is 14.2. The third kappa shape index (κ3) is 5.07. The van der Waals surface area contributed by atoms with Crippen LogP contribution in [-0.2, 0) is 6.54 Å². The Morgan fingerprint density at radius 1 is 0.786 bits per heavy atom. The molecule has 1 aromatic heterocycles. The van der Waals surface area contributed by atoms with Crippen LogP contribution in [0.2, 0.25) is 0 Å². The Kier molecular flexibility index (Phi) is 7.28. The third-order valence-corrected chi connectivity index (χ3v) is 11.6.